The summed E-state index contributed by atoms with van der Waals surface area (Å²) in [5, 5.41) is 3.85. The van der Waals surface area contributed by atoms with E-state index in [1.54, 1.807) is 12.1 Å². The summed E-state index contributed by atoms with van der Waals surface area (Å²) in [5.74, 6) is -2.83. The average molecular weight is 611 g/mol. The summed E-state index contributed by atoms with van der Waals surface area (Å²) in [7, 11) is 0. The van der Waals surface area contributed by atoms with Gasteiger partial charge < -0.3 is 0 Å². The minimum atomic E-state index is -0.885. The van der Waals surface area contributed by atoms with Gasteiger partial charge in [-0.1, -0.05) is 83.9 Å². The molecular formula is C38H34N4O4. The minimum absolute atomic E-state index is 0.299. The molecular weight excluding hydrogens is 576 g/mol. The van der Waals surface area contributed by atoms with Crippen molar-refractivity contribution in [3.63, 3.8) is 0 Å². The lowest BCUT2D eigenvalue weighted by molar-refractivity contribution is -0.136. The lowest BCUT2D eigenvalue weighted by Gasteiger charge is -2.35. The monoisotopic (exact) mass is 610 g/mol. The molecule has 4 heterocycles. The Morgan fingerprint density at radius 2 is 0.783 bits per heavy atom. The standard InChI is InChI=1S/C38H34N4O4/c1-21-11-15-25(16-12-21)31-29-33(37(45)39(35(29)43)27-9-5-7-23(3)19-27)42-32(26-17-13-22(2)14-18-26)30-34(41(31)42)38(46)40(36(30)44)28-10-6-8-24(4)20-28/h5-20,29-34H,1-4H3. The third kappa shape index (κ3) is 4.00. The molecule has 0 N–H and O–H groups in total. The largest absolute Gasteiger partial charge is 0.274 e. The second-order valence-corrected chi connectivity index (χ2v) is 13.1. The first-order valence-electron chi connectivity index (χ1n) is 15.7. The maximum absolute atomic E-state index is 14.6. The molecule has 0 spiro atoms. The highest BCUT2D eigenvalue weighted by atomic mass is 16.2. The van der Waals surface area contributed by atoms with Crippen LogP contribution in [0.1, 0.15) is 45.5 Å². The van der Waals surface area contributed by atoms with Crippen LogP contribution in [-0.4, -0.2) is 45.7 Å². The zero-order valence-electron chi connectivity index (χ0n) is 26.1. The second-order valence-electron chi connectivity index (χ2n) is 13.1. The van der Waals surface area contributed by atoms with Crippen LogP contribution >= 0.6 is 0 Å². The number of hydrogen-bond acceptors (Lipinski definition) is 6. The van der Waals surface area contributed by atoms with Gasteiger partial charge in [0.2, 0.25) is 11.8 Å². The van der Waals surface area contributed by atoms with Crippen LogP contribution in [0, 0.1) is 39.5 Å². The number of nitrogens with zero attached hydrogens (tertiary/aromatic N) is 4. The molecule has 4 saturated heterocycles. The smallest absolute Gasteiger partial charge is 0.253 e. The summed E-state index contributed by atoms with van der Waals surface area (Å²) in [5.41, 5.74) is 6.70. The van der Waals surface area contributed by atoms with Gasteiger partial charge in [0.25, 0.3) is 11.8 Å². The average Bonchev–Trinajstić information content (AvgIpc) is 3.69. The van der Waals surface area contributed by atoms with Crippen molar-refractivity contribution in [2.45, 2.75) is 51.9 Å². The van der Waals surface area contributed by atoms with Gasteiger partial charge in [-0.3, -0.25) is 19.2 Å². The van der Waals surface area contributed by atoms with Crippen molar-refractivity contribution in [1.82, 2.24) is 10.0 Å². The number of benzene rings is 4. The van der Waals surface area contributed by atoms with E-state index >= 15 is 0 Å². The molecule has 0 aliphatic carbocycles. The van der Waals surface area contributed by atoms with Crippen LogP contribution in [0.5, 0.6) is 0 Å². The summed E-state index contributed by atoms with van der Waals surface area (Å²) < 4.78 is 0. The van der Waals surface area contributed by atoms with Crippen LogP contribution < -0.4 is 9.80 Å². The molecule has 0 bridgehead atoms. The zero-order chi connectivity index (χ0) is 32.0. The number of rotatable bonds is 4. The predicted octanol–water partition coefficient (Wildman–Crippen LogP) is 5.37. The molecule has 8 heteroatoms. The summed E-state index contributed by atoms with van der Waals surface area (Å²) in [6.07, 6.45) is 0. The minimum Gasteiger partial charge on any atom is -0.274 e. The van der Waals surface area contributed by atoms with Crippen molar-refractivity contribution in [3.05, 3.63) is 130 Å². The van der Waals surface area contributed by atoms with Crippen molar-refractivity contribution >= 4 is 35.0 Å². The number of anilines is 2. The fourth-order valence-electron chi connectivity index (χ4n) is 8.07. The maximum atomic E-state index is 14.6. The molecule has 8 rings (SSSR count). The molecule has 4 aromatic carbocycles. The van der Waals surface area contributed by atoms with Gasteiger partial charge in [-0.05, 0) is 74.2 Å². The zero-order valence-corrected chi connectivity index (χ0v) is 26.1. The van der Waals surface area contributed by atoms with E-state index in [0.717, 1.165) is 33.4 Å². The molecule has 46 heavy (non-hydrogen) atoms. The first kappa shape index (κ1) is 28.5. The first-order valence-corrected chi connectivity index (χ1v) is 15.7. The van der Waals surface area contributed by atoms with Gasteiger partial charge in [0.1, 0.15) is 12.1 Å². The number of fused-ring (bicyclic) bond motifs is 5. The van der Waals surface area contributed by atoms with Crippen LogP contribution in [0.2, 0.25) is 0 Å². The van der Waals surface area contributed by atoms with Crippen LogP contribution in [0.3, 0.4) is 0 Å². The summed E-state index contributed by atoms with van der Waals surface area (Å²) in [6, 6.07) is 27.6. The van der Waals surface area contributed by atoms with Gasteiger partial charge in [-0.25, -0.2) is 19.8 Å². The number of carbonyl (C=O) groups excluding carboxylic acids is 4. The van der Waals surface area contributed by atoms with E-state index in [-0.39, 0.29) is 23.6 Å². The van der Waals surface area contributed by atoms with Crippen molar-refractivity contribution < 1.29 is 19.2 Å². The lowest BCUT2D eigenvalue weighted by Crippen LogP contribution is -2.50. The Kier molecular flexibility index (Phi) is 6.39. The molecule has 4 aliphatic rings. The summed E-state index contributed by atoms with van der Waals surface area (Å²) in [4.78, 5) is 60.8. The molecule has 4 fully saturated rings. The maximum Gasteiger partial charge on any atom is 0.253 e. The van der Waals surface area contributed by atoms with Gasteiger partial charge in [0.15, 0.2) is 0 Å². The topological polar surface area (TPSA) is 81.2 Å². The fourth-order valence-corrected chi connectivity index (χ4v) is 8.07. The first-order chi connectivity index (χ1) is 22.2. The molecule has 4 aromatic rings. The Bertz CT molecular complexity index is 1800. The highest BCUT2D eigenvalue weighted by Gasteiger charge is 2.73. The van der Waals surface area contributed by atoms with Crippen LogP contribution in [0.25, 0.3) is 0 Å². The van der Waals surface area contributed by atoms with Gasteiger partial charge in [-0.15, -0.1) is 0 Å². The van der Waals surface area contributed by atoms with Crippen LogP contribution in [0.15, 0.2) is 97.1 Å². The number of aryl methyl sites for hydroxylation is 4. The van der Waals surface area contributed by atoms with Crippen molar-refractivity contribution in [2.24, 2.45) is 11.8 Å². The molecule has 6 atom stereocenters. The number of amides is 4. The van der Waals surface area contributed by atoms with Gasteiger partial charge >= 0.3 is 0 Å². The van der Waals surface area contributed by atoms with Crippen molar-refractivity contribution in [2.75, 3.05) is 9.80 Å². The van der Waals surface area contributed by atoms with E-state index in [0.29, 0.717) is 11.4 Å². The fraction of sp³-hybridized carbons (Fsp3) is 0.263. The Hall–Kier alpha value is -4.92. The van der Waals surface area contributed by atoms with Crippen LogP contribution in [0.4, 0.5) is 11.4 Å². The number of hydrogen-bond donors (Lipinski definition) is 0. The van der Waals surface area contributed by atoms with Gasteiger partial charge in [-0.2, -0.15) is 0 Å². The molecule has 8 nitrogen and oxygen atoms in total. The number of imide groups is 2. The van der Waals surface area contributed by atoms with Gasteiger partial charge in [0, 0.05) is 0 Å². The molecule has 6 unspecified atom stereocenters. The van der Waals surface area contributed by atoms with Gasteiger partial charge in [0.05, 0.1) is 35.3 Å². The van der Waals surface area contributed by atoms with E-state index in [4.69, 9.17) is 0 Å². The van der Waals surface area contributed by atoms with Crippen molar-refractivity contribution in [3.8, 4) is 0 Å². The SMILES string of the molecule is Cc1ccc(C2C3C(=O)N(c4cccc(C)c4)C(=O)C3N3C(c4ccc(C)cc4)C4C(=O)N(c5cccc(C)c5)C(=O)C4N23)cc1. The molecule has 0 radical (unpaired) electrons. The van der Waals surface area contributed by atoms with Crippen molar-refractivity contribution in [1.29, 1.82) is 0 Å². The van der Waals surface area contributed by atoms with E-state index in [2.05, 4.69) is 0 Å². The molecule has 230 valence electrons. The molecule has 4 amide bonds. The Morgan fingerprint density at radius 1 is 0.413 bits per heavy atom. The van der Waals surface area contributed by atoms with E-state index < -0.39 is 36.0 Å². The lowest BCUT2D eigenvalue weighted by atomic mass is 9.84. The Labute approximate surface area is 267 Å². The third-order valence-electron chi connectivity index (χ3n) is 10.1. The normalized spacial score (nSPS) is 27.5. The Balaban J connectivity index is 1.33. The molecule has 0 saturated carbocycles. The number of hydrazine groups is 1. The highest BCUT2D eigenvalue weighted by Crippen LogP contribution is 2.59. The second kappa shape index (κ2) is 10.3. The van der Waals surface area contributed by atoms with Crippen LogP contribution in [-0.2, 0) is 19.2 Å². The quantitative estimate of drug-likeness (QED) is 0.289. The van der Waals surface area contributed by atoms with E-state index in [1.165, 1.54) is 9.80 Å². The van der Waals surface area contributed by atoms with E-state index in [9.17, 15) is 19.2 Å². The summed E-state index contributed by atoms with van der Waals surface area (Å²) >= 11 is 0. The highest BCUT2D eigenvalue weighted by molar-refractivity contribution is 6.26. The molecule has 4 aliphatic heterocycles. The number of carbonyl (C=O) groups is 4. The van der Waals surface area contributed by atoms with E-state index in [1.807, 2.05) is 123 Å². The Morgan fingerprint density at radius 3 is 1.13 bits per heavy atom. The third-order valence-corrected chi connectivity index (χ3v) is 10.1. The molecule has 0 aromatic heterocycles. The summed E-state index contributed by atoms with van der Waals surface area (Å²) in [6.45, 7) is 7.85. The predicted molar refractivity (Wildman–Crippen MR) is 173 cm³/mol.